The van der Waals surface area contributed by atoms with Gasteiger partial charge in [-0.05, 0) is 60.9 Å². The first-order chi connectivity index (χ1) is 18.2. The normalized spacial score (nSPS) is 15.7. The van der Waals surface area contributed by atoms with Crippen LogP contribution in [0.25, 0.3) is 21.2 Å². The van der Waals surface area contributed by atoms with Crippen molar-refractivity contribution < 1.29 is 19.1 Å². The number of amides is 1. The summed E-state index contributed by atoms with van der Waals surface area (Å²) < 4.78 is 6.77. The molecule has 3 aromatic carbocycles. The smallest absolute Gasteiger partial charge is 0.296 e. The fourth-order valence-electron chi connectivity index (χ4n) is 4.99. The lowest BCUT2D eigenvalue weighted by molar-refractivity contribution is -0.117. The molecule has 0 aliphatic carbocycles. The summed E-state index contributed by atoms with van der Waals surface area (Å²) in [4.78, 5) is 35.6. The highest BCUT2D eigenvalue weighted by atomic mass is 32.1. The van der Waals surface area contributed by atoms with E-state index in [0.717, 1.165) is 32.4 Å². The Bertz CT molecular complexity index is 1750. The highest BCUT2D eigenvalue weighted by molar-refractivity contribution is 7.22. The monoisotopic (exact) mass is 523 g/mol. The van der Waals surface area contributed by atoms with Gasteiger partial charge in [0, 0.05) is 25.2 Å². The molecule has 1 amide bonds. The molecule has 3 heterocycles. The van der Waals surface area contributed by atoms with Crippen LogP contribution >= 0.6 is 11.3 Å². The Morgan fingerprint density at radius 3 is 2.50 bits per heavy atom. The maximum atomic E-state index is 13.9. The summed E-state index contributed by atoms with van der Waals surface area (Å²) in [6.07, 6.45) is 0. The Morgan fingerprint density at radius 1 is 1.05 bits per heavy atom. The number of benzene rings is 3. The molecule has 0 bridgehead atoms. The van der Waals surface area contributed by atoms with Gasteiger partial charge in [0.2, 0.25) is 5.78 Å². The number of aryl methyl sites for hydroxylation is 2. The number of carbonyl (C=O) groups is 2. The molecule has 8 heteroatoms. The zero-order valence-electron chi connectivity index (χ0n) is 21.4. The van der Waals surface area contributed by atoms with Crippen LogP contribution in [0.1, 0.15) is 33.3 Å². The number of rotatable bonds is 5. The second kappa shape index (κ2) is 8.85. The van der Waals surface area contributed by atoms with Gasteiger partial charge >= 0.3 is 0 Å². The van der Waals surface area contributed by atoms with E-state index in [4.69, 9.17) is 9.40 Å². The summed E-state index contributed by atoms with van der Waals surface area (Å²) in [6.45, 7) is 3.99. The molecule has 0 spiro atoms. The number of hydrogen-bond donors (Lipinski definition) is 1. The zero-order chi connectivity index (χ0) is 26.7. The first-order valence-electron chi connectivity index (χ1n) is 12.2. The van der Waals surface area contributed by atoms with E-state index in [-0.39, 0.29) is 11.3 Å². The Labute approximate surface area is 223 Å². The van der Waals surface area contributed by atoms with Crippen LogP contribution < -0.4 is 9.80 Å². The second-order valence-corrected chi connectivity index (χ2v) is 10.7. The number of Topliss-reactive ketones (excluding diaryl/α,β-unsaturated/α-hetero) is 1. The molecule has 1 atom stereocenters. The van der Waals surface area contributed by atoms with E-state index >= 15 is 0 Å². The van der Waals surface area contributed by atoms with E-state index in [1.165, 1.54) is 16.2 Å². The fourth-order valence-corrected chi connectivity index (χ4v) is 6.16. The van der Waals surface area contributed by atoms with Gasteiger partial charge in [-0.3, -0.25) is 14.5 Å². The zero-order valence-corrected chi connectivity index (χ0v) is 22.2. The Kier molecular flexibility index (Phi) is 5.57. The van der Waals surface area contributed by atoms with Gasteiger partial charge in [0.1, 0.15) is 5.58 Å². The van der Waals surface area contributed by atoms with E-state index in [2.05, 4.69) is 0 Å². The molecule has 190 valence electrons. The Morgan fingerprint density at radius 2 is 1.79 bits per heavy atom. The number of nitrogens with zero attached hydrogens (tertiary/aromatic N) is 3. The highest BCUT2D eigenvalue weighted by Gasteiger charge is 2.46. The summed E-state index contributed by atoms with van der Waals surface area (Å²) in [5, 5.41) is 12.3. The minimum Gasteiger partial charge on any atom is -0.503 e. The number of thiazole rings is 1. The molecule has 6 rings (SSSR count). The van der Waals surface area contributed by atoms with Gasteiger partial charge in [-0.25, -0.2) is 4.98 Å². The van der Waals surface area contributed by atoms with Gasteiger partial charge in [-0.1, -0.05) is 47.7 Å². The lowest BCUT2D eigenvalue weighted by Gasteiger charge is -2.25. The molecule has 38 heavy (non-hydrogen) atoms. The fraction of sp³-hybridized carbons (Fsp3) is 0.167. The third-order valence-electron chi connectivity index (χ3n) is 6.85. The molecule has 7 nitrogen and oxygen atoms in total. The first kappa shape index (κ1) is 23.9. The van der Waals surface area contributed by atoms with Crippen molar-refractivity contribution in [2.75, 3.05) is 23.9 Å². The standard InChI is InChI=1S/C30H25N3O4S/c1-16-13-17(2)25-23(14-16)38-30(31-25)33-26(18-9-11-20(12-10-18)32(3)4)24(28(35)29(33)36)27(34)22-15-19-7-5-6-8-21(19)37-22/h5-15,26,35H,1-4H3. The molecule has 1 N–H and O–H groups in total. The molecule has 0 saturated heterocycles. The number of anilines is 2. The Hall–Kier alpha value is -4.43. The molecule has 0 radical (unpaired) electrons. The molecule has 1 unspecified atom stereocenters. The number of para-hydroxylation sites is 1. The average Bonchev–Trinajstić information content (AvgIpc) is 3.58. The van der Waals surface area contributed by atoms with E-state index in [9.17, 15) is 14.7 Å². The van der Waals surface area contributed by atoms with Crippen LogP contribution in [-0.2, 0) is 4.79 Å². The minimum atomic E-state index is -0.874. The molecule has 0 saturated carbocycles. The topological polar surface area (TPSA) is 86.9 Å². The van der Waals surface area contributed by atoms with E-state index in [1.54, 1.807) is 12.1 Å². The van der Waals surface area contributed by atoms with Gasteiger partial charge in [0.25, 0.3) is 5.91 Å². The SMILES string of the molecule is Cc1cc(C)c2nc(N3C(=O)C(O)=C(C(=O)c4cc5ccccc5o4)C3c3ccc(N(C)C)cc3)sc2c1. The van der Waals surface area contributed by atoms with Crippen LogP contribution in [0, 0.1) is 13.8 Å². The van der Waals surface area contributed by atoms with Crippen molar-refractivity contribution >= 4 is 55.0 Å². The van der Waals surface area contributed by atoms with Crippen LogP contribution in [0.15, 0.2) is 82.5 Å². The summed E-state index contributed by atoms with van der Waals surface area (Å²) in [6, 6.07) is 19.7. The number of aliphatic hydroxyl groups excluding tert-OH is 1. The molecule has 1 aliphatic heterocycles. The van der Waals surface area contributed by atoms with Gasteiger partial charge in [-0.2, -0.15) is 0 Å². The first-order valence-corrected chi connectivity index (χ1v) is 13.0. The van der Waals surface area contributed by atoms with Crippen molar-refractivity contribution in [1.29, 1.82) is 0 Å². The number of ketones is 1. The second-order valence-electron chi connectivity index (χ2n) is 9.73. The van der Waals surface area contributed by atoms with Crippen LogP contribution in [-0.4, -0.2) is 35.9 Å². The number of aliphatic hydroxyl groups is 1. The van der Waals surface area contributed by atoms with Crippen molar-refractivity contribution in [2.45, 2.75) is 19.9 Å². The van der Waals surface area contributed by atoms with Crippen LogP contribution in [0.5, 0.6) is 0 Å². The van der Waals surface area contributed by atoms with Gasteiger partial charge in [0.15, 0.2) is 16.7 Å². The van der Waals surface area contributed by atoms with Crippen LogP contribution in [0.3, 0.4) is 0 Å². The molecule has 1 aliphatic rings. The van der Waals surface area contributed by atoms with Crippen molar-refractivity contribution in [3.8, 4) is 0 Å². The predicted octanol–water partition coefficient (Wildman–Crippen LogP) is 6.51. The van der Waals surface area contributed by atoms with Crippen molar-refractivity contribution in [3.63, 3.8) is 0 Å². The minimum absolute atomic E-state index is 0.0289. The number of furan rings is 1. The lowest BCUT2D eigenvalue weighted by atomic mass is 9.95. The van der Waals surface area contributed by atoms with Gasteiger partial charge in [0.05, 0.1) is 21.8 Å². The largest absolute Gasteiger partial charge is 0.503 e. The molecule has 0 fully saturated rings. The maximum Gasteiger partial charge on any atom is 0.296 e. The number of fused-ring (bicyclic) bond motifs is 2. The third-order valence-corrected chi connectivity index (χ3v) is 7.85. The number of aromatic nitrogens is 1. The van der Waals surface area contributed by atoms with Crippen LogP contribution in [0.2, 0.25) is 0 Å². The average molecular weight is 524 g/mol. The van der Waals surface area contributed by atoms with Crippen molar-refractivity contribution in [3.05, 3.63) is 101 Å². The third kappa shape index (κ3) is 3.76. The Balaban J connectivity index is 1.52. The number of carbonyl (C=O) groups excluding carboxylic acids is 2. The molecular formula is C30H25N3O4S. The van der Waals surface area contributed by atoms with Gasteiger partial charge in [-0.15, -0.1) is 0 Å². The predicted molar refractivity (Wildman–Crippen MR) is 150 cm³/mol. The van der Waals surface area contributed by atoms with Crippen LogP contribution in [0.4, 0.5) is 10.8 Å². The quantitative estimate of drug-likeness (QED) is 0.264. The van der Waals surface area contributed by atoms with E-state index in [0.29, 0.717) is 16.3 Å². The number of hydrogen-bond acceptors (Lipinski definition) is 7. The molecule has 2 aromatic heterocycles. The van der Waals surface area contributed by atoms with E-state index < -0.39 is 23.5 Å². The van der Waals surface area contributed by atoms with Crippen molar-refractivity contribution in [2.24, 2.45) is 0 Å². The summed E-state index contributed by atoms with van der Waals surface area (Å²) in [5.41, 5.74) is 5.06. The highest BCUT2D eigenvalue weighted by Crippen LogP contribution is 2.45. The maximum absolute atomic E-state index is 13.9. The summed E-state index contributed by atoms with van der Waals surface area (Å²) >= 11 is 1.36. The lowest BCUT2D eigenvalue weighted by Crippen LogP contribution is -2.31. The van der Waals surface area contributed by atoms with Gasteiger partial charge < -0.3 is 14.4 Å². The molecule has 5 aromatic rings. The summed E-state index contributed by atoms with van der Waals surface area (Å²) in [7, 11) is 3.88. The summed E-state index contributed by atoms with van der Waals surface area (Å²) in [5.74, 6) is -1.73. The molecular weight excluding hydrogens is 498 g/mol. The van der Waals surface area contributed by atoms with E-state index in [1.807, 2.05) is 87.4 Å². The van der Waals surface area contributed by atoms with Crippen molar-refractivity contribution in [1.82, 2.24) is 4.98 Å².